The molecule has 2 aromatic rings. The van der Waals surface area contributed by atoms with Crippen molar-refractivity contribution in [3.05, 3.63) is 40.4 Å². The first kappa shape index (κ1) is 8.57. The summed E-state index contributed by atoms with van der Waals surface area (Å²) < 4.78 is 0.985. The normalized spacial score (nSPS) is 10.6. The number of aromatic hydroxyl groups is 1. The Morgan fingerprint density at radius 1 is 1.15 bits per heavy atom. The van der Waals surface area contributed by atoms with E-state index in [4.69, 9.17) is 0 Å². The first-order valence-corrected chi connectivity index (χ1v) is 4.85. The summed E-state index contributed by atoms with van der Waals surface area (Å²) in [5.41, 5.74) is 1.08. The summed E-state index contributed by atoms with van der Waals surface area (Å²) in [7, 11) is 0. The molecule has 1 nitrogen and oxygen atoms in total. The Bertz CT molecular complexity index is 463. The first-order valence-electron chi connectivity index (χ1n) is 4.06. The van der Waals surface area contributed by atoms with Crippen molar-refractivity contribution in [2.45, 2.75) is 6.92 Å². The second-order valence-electron chi connectivity index (χ2n) is 3.15. The Labute approximate surface area is 85.1 Å². The van der Waals surface area contributed by atoms with Crippen LogP contribution in [-0.2, 0) is 0 Å². The zero-order chi connectivity index (χ0) is 9.42. The van der Waals surface area contributed by atoms with Crippen molar-refractivity contribution in [3.63, 3.8) is 0 Å². The average molecular weight is 237 g/mol. The van der Waals surface area contributed by atoms with Crippen molar-refractivity contribution in [2.24, 2.45) is 0 Å². The molecular weight excluding hydrogens is 228 g/mol. The maximum Gasteiger partial charge on any atom is 0.123 e. The summed E-state index contributed by atoms with van der Waals surface area (Å²) in [6.07, 6.45) is 0. The number of phenols is 1. The Kier molecular flexibility index (Phi) is 2.00. The molecule has 0 atom stereocenters. The molecule has 0 amide bonds. The molecule has 0 aliphatic heterocycles. The molecule has 0 spiro atoms. The minimum absolute atomic E-state index is 0.344. The van der Waals surface area contributed by atoms with Crippen LogP contribution in [0.4, 0.5) is 0 Å². The SMILES string of the molecule is Cc1cc(O)c2cc(Br)ccc2c1. The molecule has 1 N–H and O–H groups in total. The second kappa shape index (κ2) is 3.04. The molecule has 0 aromatic heterocycles. The van der Waals surface area contributed by atoms with Gasteiger partial charge in [0.2, 0.25) is 0 Å². The number of phenolic OH excluding ortho intramolecular Hbond substituents is 1. The second-order valence-corrected chi connectivity index (χ2v) is 4.07. The molecule has 0 saturated heterocycles. The van der Waals surface area contributed by atoms with Crippen molar-refractivity contribution in [3.8, 4) is 5.75 Å². The van der Waals surface area contributed by atoms with Gasteiger partial charge in [0.05, 0.1) is 0 Å². The fourth-order valence-corrected chi connectivity index (χ4v) is 1.82. The quantitative estimate of drug-likeness (QED) is 0.741. The van der Waals surface area contributed by atoms with E-state index in [-0.39, 0.29) is 0 Å². The topological polar surface area (TPSA) is 20.2 Å². The van der Waals surface area contributed by atoms with Crippen LogP contribution in [0, 0.1) is 6.92 Å². The van der Waals surface area contributed by atoms with Crippen LogP contribution in [-0.4, -0.2) is 5.11 Å². The van der Waals surface area contributed by atoms with Crippen LogP contribution in [0.1, 0.15) is 5.56 Å². The highest BCUT2D eigenvalue weighted by molar-refractivity contribution is 9.10. The Morgan fingerprint density at radius 2 is 1.92 bits per heavy atom. The third-order valence-corrected chi connectivity index (χ3v) is 2.53. The molecule has 0 radical (unpaired) electrons. The van der Waals surface area contributed by atoms with Gasteiger partial charge in [-0.2, -0.15) is 0 Å². The van der Waals surface area contributed by atoms with E-state index in [9.17, 15) is 5.11 Å². The summed E-state index contributed by atoms with van der Waals surface area (Å²) in [4.78, 5) is 0. The molecule has 0 unspecified atom stereocenters. The van der Waals surface area contributed by atoms with Crippen LogP contribution in [0.15, 0.2) is 34.8 Å². The van der Waals surface area contributed by atoms with E-state index < -0.39 is 0 Å². The van der Waals surface area contributed by atoms with E-state index in [1.54, 1.807) is 6.07 Å². The summed E-state index contributed by atoms with van der Waals surface area (Å²) in [5.74, 6) is 0.344. The summed E-state index contributed by atoms with van der Waals surface area (Å²) in [5, 5.41) is 11.6. The van der Waals surface area contributed by atoms with Gasteiger partial charge in [-0.25, -0.2) is 0 Å². The van der Waals surface area contributed by atoms with E-state index >= 15 is 0 Å². The molecule has 13 heavy (non-hydrogen) atoms. The van der Waals surface area contributed by atoms with Crippen molar-refractivity contribution < 1.29 is 5.11 Å². The lowest BCUT2D eigenvalue weighted by molar-refractivity contribution is 0.481. The smallest absolute Gasteiger partial charge is 0.123 e. The third-order valence-electron chi connectivity index (χ3n) is 2.04. The van der Waals surface area contributed by atoms with E-state index in [0.717, 1.165) is 20.8 Å². The van der Waals surface area contributed by atoms with E-state index in [0.29, 0.717) is 5.75 Å². The number of rotatable bonds is 0. The van der Waals surface area contributed by atoms with E-state index in [1.165, 1.54) is 0 Å². The number of halogens is 1. The Morgan fingerprint density at radius 3 is 2.69 bits per heavy atom. The van der Waals surface area contributed by atoms with Crippen molar-refractivity contribution in [1.82, 2.24) is 0 Å². The number of fused-ring (bicyclic) bond motifs is 1. The van der Waals surface area contributed by atoms with Crippen LogP contribution < -0.4 is 0 Å². The largest absolute Gasteiger partial charge is 0.507 e. The standard InChI is InChI=1S/C11H9BrO/c1-7-4-8-2-3-9(12)6-10(8)11(13)5-7/h2-6,13H,1H3. The highest BCUT2D eigenvalue weighted by Gasteiger charge is 2.00. The van der Waals surface area contributed by atoms with Gasteiger partial charge in [-0.15, -0.1) is 0 Å². The highest BCUT2D eigenvalue weighted by Crippen LogP contribution is 2.28. The third kappa shape index (κ3) is 1.54. The van der Waals surface area contributed by atoms with Crippen molar-refractivity contribution in [1.29, 1.82) is 0 Å². The van der Waals surface area contributed by atoms with Crippen molar-refractivity contribution >= 4 is 26.7 Å². The lowest BCUT2D eigenvalue weighted by Crippen LogP contribution is -1.77. The molecule has 2 aromatic carbocycles. The van der Waals surface area contributed by atoms with Gasteiger partial charge in [0.25, 0.3) is 0 Å². The van der Waals surface area contributed by atoms with Gasteiger partial charge >= 0.3 is 0 Å². The van der Waals surface area contributed by atoms with Gasteiger partial charge in [-0.3, -0.25) is 0 Å². The fourth-order valence-electron chi connectivity index (χ4n) is 1.46. The lowest BCUT2D eigenvalue weighted by atomic mass is 10.1. The van der Waals surface area contributed by atoms with Gasteiger partial charge in [-0.05, 0) is 36.1 Å². The van der Waals surface area contributed by atoms with Crippen LogP contribution in [0.25, 0.3) is 10.8 Å². The molecule has 0 aliphatic rings. The Hall–Kier alpha value is -1.02. The van der Waals surface area contributed by atoms with Crippen LogP contribution in [0.2, 0.25) is 0 Å². The molecule has 0 fully saturated rings. The molecular formula is C11H9BrO. The zero-order valence-corrected chi connectivity index (χ0v) is 8.80. The maximum absolute atomic E-state index is 9.66. The van der Waals surface area contributed by atoms with Gasteiger partial charge < -0.3 is 5.11 Å². The minimum atomic E-state index is 0.344. The molecule has 0 aliphatic carbocycles. The lowest BCUT2D eigenvalue weighted by Gasteiger charge is -2.03. The molecule has 0 saturated carbocycles. The van der Waals surface area contributed by atoms with Crippen LogP contribution in [0.3, 0.4) is 0 Å². The minimum Gasteiger partial charge on any atom is -0.507 e. The number of hydrogen-bond acceptors (Lipinski definition) is 1. The molecule has 0 bridgehead atoms. The molecule has 2 rings (SSSR count). The summed E-state index contributed by atoms with van der Waals surface area (Å²) in [6.45, 7) is 1.97. The van der Waals surface area contributed by atoms with Gasteiger partial charge in [0.1, 0.15) is 5.75 Å². The average Bonchev–Trinajstić information content (AvgIpc) is 2.06. The van der Waals surface area contributed by atoms with Gasteiger partial charge in [-0.1, -0.05) is 28.1 Å². The van der Waals surface area contributed by atoms with Crippen LogP contribution in [0.5, 0.6) is 5.75 Å². The molecule has 66 valence electrons. The number of benzene rings is 2. The van der Waals surface area contributed by atoms with E-state index in [2.05, 4.69) is 22.0 Å². The number of hydrogen-bond donors (Lipinski definition) is 1. The molecule has 2 heteroatoms. The van der Waals surface area contributed by atoms with Crippen LogP contribution >= 0.6 is 15.9 Å². The highest BCUT2D eigenvalue weighted by atomic mass is 79.9. The summed E-state index contributed by atoms with van der Waals surface area (Å²) >= 11 is 3.37. The molecule has 0 heterocycles. The predicted octanol–water partition coefficient (Wildman–Crippen LogP) is 3.62. The van der Waals surface area contributed by atoms with Gasteiger partial charge in [0.15, 0.2) is 0 Å². The van der Waals surface area contributed by atoms with E-state index in [1.807, 2.05) is 25.1 Å². The van der Waals surface area contributed by atoms with Gasteiger partial charge in [0, 0.05) is 9.86 Å². The fraction of sp³-hybridized carbons (Fsp3) is 0.0909. The Balaban J connectivity index is 2.87. The first-order chi connectivity index (χ1) is 6.16. The predicted molar refractivity (Wildman–Crippen MR) is 58.0 cm³/mol. The monoisotopic (exact) mass is 236 g/mol. The number of aryl methyl sites for hydroxylation is 1. The zero-order valence-electron chi connectivity index (χ0n) is 7.21. The summed E-state index contributed by atoms with van der Waals surface area (Å²) in [6, 6.07) is 9.72. The maximum atomic E-state index is 9.66. The van der Waals surface area contributed by atoms with Crippen molar-refractivity contribution in [2.75, 3.05) is 0 Å².